The van der Waals surface area contributed by atoms with Gasteiger partial charge in [-0.1, -0.05) is 13.0 Å². The van der Waals surface area contributed by atoms with Crippen molar-refractivity contribution in [3.63, 3.8) is 0 Å². The van der Waals surface area contributed by atoms with E-state index >= 15 is 0 Å². The van der Waals surface area contributed by atoms with Crippen molar-refractivity contribution in [2.45, 2.75) is 45.6 Å². The maximum atomic E-state index is 12.7. The van der Waals surface area contributed by atoms with Crippen LogP contribution in [0.5, 0.6) is 0 Å². The molecule has 0 saturated carbocycles. The molecule has 1 saturated heterocycles. The zero-order chi connectivity index (χ0) is 17.8. The summed E-state index contributed by atoms with van der Waals surface area (Å²) in [6, 6.07) is 5.23. The summed E-state index contributed by atoms with van der Waals surface area (Å²) >= 11 is 0. The van der Waals surface area contributed by atoms with Gasteiger partial charge in [0.05, 0.1) is 6.20 Å². The van der Waals surface area contributed by atoms with Crippen molar-refractivity contribution in [3.05, 3.63) is 36.2 Å². The van der Waals surface area contributed by atoms with Crippen LogP contribution in [0.4, 0.5) is 5.69 Å². The van der Waals surface area contributed by atoms with Crippen molar-refractivity contribution in [2.75, 3.05) is 11.9 Å². The summed E-state index contributed by atoms with van der Waals surface area (Å²) in [5.74, 6) is 0.453. The Balaban J connectivity index is 1.77. The Hall–Kier alpha value is -2.63. The summed E-state index contributed by atoms with van der Waals surface area (Å²) in [4.78, 5) is 30.8. The lowest BCUT2D eigenvalue weighted by Gasteiger charge is -2.24. The third kappa shape index (κ3) is 3.57. The third-order valence-corrected chi connectivity index (χ3v) is 4.59. The van der Waals surface area contributed by atoms with Gasteiger partial charge >= 0.3 is 0 Å². The second-order valence-corrected chi connectivity index (χ2v) is 6.30. The smallest absolute Gasteiger partial charge is 0.247 e. The first-order chi connectivity index (χ1) is 12.1. The molecular formula is C19H23N3O3. The lowest BCUT2D eigenvalue weighted by molar-refractivity contribution is -0.136. The van der Waals surface area contributed by atoms with E-state index in [2.05, 4.69) is 10.3 Å². The largest absolute Gasteiger partial charge is 0.445 e. The highest BCUT2D eigenvalue weighted by atomic mass is 16.3. The number of aromatic nitrogens is 1. The second kappa shape index (κ2) is 7.51. The molecule has 1 fully saturated rings. The van der Waals surface area contributed by atoms with E-state index < -0.39 is 0 Å². The predicted molar refractivity (Wildman–Crippen MR) is 94.9 cm³/mol. The van der Waals surface area contributed by atoms with E-state index in [-0.39, 0.29) is 17.9 Å². The Kier molecular flexibility index (Phi) is 5.16. The van der Waals surface area contributed by atoms with E-state index in [1.165, 1.54) is 6.26 Å². The number of benzene rings is 1. The molecule has 1 aromatic carbocycles. The second-order valence-electron chi connectivity index (χ2n) is 6.30. The number of amides is 2. The van der Waals surface area contributed by atoms with E-state index in [1.807, 2.05) is 32.0 Å². The van der Waals surface area contributed by atoms with E-state index in [4.69, 9.17) is 4.42 Å². The van der Waals surface area contributed by atoms with Crippen LogP contribution < -0.4 is 5.32 Å². The van der Waals surface area contributed by atoms with Crippen molar-refractivity contribution in [2.24, 2.45) is 0 Å². The summed E-state index contributed by atoms with van der Waals surface area (Å²) in [6.07, 6.45) is 5.97. The first-order valence-electron chi connectivity index (χ1n) is 8.71. The monoisotopic (exact) mass is 341 g/mol. The number of nitrogens with one attached hydrogen (secondary N) is 1. The lowest BCUT2D eigenvalue weighted by Crippen LogP contribution is -2.43. The van der Waals surface area contributed by atoms with Gasteiger partial charge in [0, 0.05) is 24.2 Å². The van der Waals surface area contributed by atoms with Gasteiger partial charge in [0.15, 0.2) is 0 Å². The molecule has 6 nitrogen and oxygen atoms in total. The summed E-state index contributed by atoms with van der Waals surface area (Å²) in [6.45, 7) is 4.55. The van der Waals surface area contributed by atoms with Gasteiger partial charge < -0.3 is 14.6 Å². The Morgan fingerprint density at radius 3 is 2.96 bits per heavy atom. The van der Waals surface area contributed by atoms with Crippen LogP contribution in [0, 0.1) is 6.92 Å². The molecular weight excluding hydrogens is 318 g/mol. The number of nitrogens with zero attached hydrogens (tertiary/aromatic N) is 2. The van der Waals surface area contributed by atoms with Crippen LogP contribution in [-0.4, -0.2) is 34.3 Å². The maximum Gasteiger partial charge on any atom is 0.247 e. The molecule has 2 aromatic rings. The molecule has 132 valence electrons. The summed E-state index contributed by atoms with van der Waals surface area (Å²) in [7, 11) is 0. The zero-order valence-electron chi connectivity index (χ0n) is 14.6. The quantitative estimate of drug-likeness (QED) is 0.904. The Bertz CT molecular complexity index is 755. The standard InChI is InChI=1S/C19H23N3O3/c1-3-6-17(23)22-11-5-9-16(22)18(24)21-15-8-4-7-14(13(15)2)19-20-10-12-25-19/h4,7-8,10,12,16H,3,5-6,9,11H2,1-2H3,(H,21,24). The third-order valence-electron chi connectivity index (χ3n) is 4.59. The van der Waals surface area contributed by atoms with E-state index in [9.17, 15) is 9.59 Å². The first kappa shape index (κ1) is 17.2. The number of carbonyl (C=O) groups is 2. The molecule has 3 rings (SSSR count). The molecule has 1 atom stereocenters. The van der Waals surface area contributed by atoms with E-state index in [0.717, 1.165) is 29.7 Å². The number of likely N-dealkylation sites (tertiary alicyclic amines) is 1. The number of hydrogen-bond acceptors (Lipinski definition) is 4. The molecule has 0 radical (unpaired) electrons. The first-order valence-corrected chi connectivity index (χ1v) is 8.71. The number of anilines is 1. The molecule has 2 amide bonds. The van der Waals surface area contributed by atoms with Gasteiger partial charge in [-0.15, -0.1) is 0 Å². The fourth-order valence-electron chi connectivity index (χ4n) is 3.27. The van der Waals surface area contributed by atoms with E-state index in [1.54, 1.807) is 11.1 Å². The summed E-state index contributed by atoms with van der Waals surface area (Å²) < 4.78 is 5.36. The molecule has 1 aromatic heterocycles. The van der Waals surface area contributed by atoms with Gasteiger partial charge in [0.25, 0.3) is 0 Å². The molecule has 6 heteroatoms. The number of oxazole rings is 1. The van der Waals surface area contributed by atoms with Gasteiger partial charge in [-0.25, -0.2) is 4.98 Å². The van der Waals surface area contributed by atoms with Crippen LogP contribution in [0.3, 0.4) is 0 Å². The number of rotatable bonds is 5. The average Bonchev–Trinajstić information content (AvgIpc) is 3.28. The molecule has 0 spiro atoms. The van der Waals surface area contributed by atoms with Crippen LogP contribution in [0.15, 0.2) is 35.1 Å². The Morgan fingerprint density at radius 1 is 1.40 bits per heavy atom. The topological polar surface area (TPSA) is 75.4 Å². The molecule has 1 aliphatic heterocycles. The van der Waals surface area contributed by atoms with Crippen LogP contribution in [0.1, 0.15) is 38.2 Å². The van der Waals surface area contributed by atoms with Gasteiger partial charge in [-0.05, 0) is 43.9 Å². The Labute approximate surface area is 147 Å². The zero-order valence-corrected chi connectivity index (χ0v) is 14.6. The SMILES string of the molecule is CCCC(=O)N1CCCC1C(=O)Nc1cccc(-c2ncco2)c1C. The van der Waals surface area contributed by atoms with Crippen molar-refractivity contribution >= 4 is 17.5 Å². The molecule has 0 bridgehead atoms. The van der Waals surface area contributed by atoms with Crippen molar-refractivity contribution < 1.29 is 14.0 Å². The molecule has 1 unspecified atom stereocenters. The van der Waals surface area contributed by atoms with E-state index in [0.29, 0.717) is 25.3 Å². The van der Waals surface area contributed by atoms with Crippen molar-refractivity contribution in [3.8, 4) is 11.5 Å². The summed E-state index contributed by atoms with van der Waals surface area (Å²) in [5, 5.41) is 2.98. The van der Waals surface area contributed by atoms with Crippen molar-refractivity contribution in [1.82, 2.24) is 9.88 Å². The van der Waals surface area contributed by atoms with Crippen LogP contribution in [0.25, 0.3) is 11.5 Å². The predicted octanol–water partition coefficient (Wildman–Crippen LogP) is 3.38. The van der Waals surface area contributed by atoms with Gasteiger partial charge in [0.2, 0.25) is 17.7 Å². The lowest BCUT2D eigenvalue weighted by atomic mass is 10.1. The van der Waals surface area contributed by atoms with Gasteiger partial charge in [-0.2, -0.15) is 0 Å². The maximum absolute atomic E-state index is 12.7. The van der Waals surface area contributed by atoms with Gasteiger partial charge in [-0.3, -0.25) is 9.59 Å². The highest BCUT2D eigenvalue weighted by Crippen LogP contribution is 2.28. The molecule has 1 N–H and O–H groups in total. The molecule has 0 aliphatic carbocycles. The van der Waals surface area contributed by atoms with Gasteiger partial charge in [0.1, 0.15) is 12.3 Å². The fraction of sp³-hybridized carbons (Fsp3) is 0.421. The number of hydrogen-bond donors (Lipinski definition) is 1. The minimum absolute atomic E-state index is 0.0606. The Morgan fingerprint density at radius 2 is 2.24 bits per heavy atom. The molecule has 25 heavy (non-hydrogen) atoms. The highest BCUT2D eigenvalue weighted by Gasteiger charge is 2.33. The minimum Gasteiger partial charge on any atom is -0.445 e. The summed E-state index contributed by atoms with van der Waals surface area (Å²) in [5.41, 5.74) is 2.45. The van der Waals surface area contributed by atoms with Crippen LogP contribution in [-0.2, 0) is 9.59 Å². The highest BCUT2D eigenvalue weighted by molar-refractivity contribution is 5.98. The normalized spacial score (nSPS) is 16.9. The average molecular weight is 341 g/mol. The number of carbonyl (C=O) groups excluding carboxylic acids is 2. The molecule has 1 aliphatic rings. The van der Waals surface area contributed by atoms with Crippen LogP contribution >= 0.6 is 0 Å². The fourth-order valence-corrected chi connectivity index (χ4v) is 3.27. The van der Waals surface area contributed by atoms with Crippen LogP contribution in [0.2, 0.25) is 0 Å². The minimum atomic E-state index is -0.385. The van der Waals surface area contributed by atoms with Crippen molar-refractivity contribution in [1.29, 1.82) is 0 Å². The molecule has 2 heterocycles.